The largest absolute Gasteiger partial charge is 0.497 e. The van der Waals surface area contributed by atoms with Crippen LogP contribution in [0.15, 0.2) is 48.5 Å². The van der Waals surface area contributed by atoms with Gasteiger partial charge in [-0.15, -0.1) is 0 Å². The zero-order chi connectivity index (χ0) is 17.6. The number of hydrogen-bond acceptors (Lipinski definition) is 5. The number of likely N-dealkylation sites (tertiary alicyclic amines) is 1. The number of nitrogens with zero attached hydrogens (tertiary/aromatic N) is 2. The quantitative estimate of drug-likeness (QED) is 0.877. The number of nitriles is 1. The van der Waals surface area contributed by atoms with E-state index in [1.54, 1.807) is 19.2 Å². The van der Waals surface area contributed by atoms with Crippen molar-refractivity contribution in [1.82, 2.24) is 4.90 Å². The molecule has 0 amide bonds. The number of β-amino-alcohol motifs (C(OH)–C–C–N with tert-alkyl or cyclic N) is 1. The Labute approximate surface area is 148 Å². The van der Waals surface area contributed by atoms with Gasteiger partial charge in [0.15, 0.2) is 0 Å². The summed E-state index contributed by atoms with van der Waals surface area (Å²) < 4.78 is 11.1. The molecule has 0 aliphatic carbocycles. The van der Waals surface area contributed by atoms with Crippen LogP contribution in [-0.4, -0.2) is 42.9 Å². The first-order valence-corrected chi connectivity index (χ1v) is 8.38. The van der Waals surface area contributed by atoms with Crippen LogP contribution in [0.5, 0.6) is 11.5 Å². The van der Waals surface area contributed by atoms with Crippen molar-refractivity contribution in [2.45, 2.75) is 18.6 Å². The molecule has 0 aromatic heterocycles. The van der Waals surface area contributed by atoms with Gasteiger partial charge in [-0.25, -0.2) is 0 Å². The number of rotatable bonds is 6. The van der Waals surface area contributed by atoms with Crippen LogP contribution in [0.4, 0.5) is 0 Å². The van der Waals surface area contributed by atoms with Crippen molar-refractivity contribution in [3.63, 3.8) is 0 Å². The third-order valence-corrected chi connectivity index (χ3v) is 4.47. The first kappa shape index (κ1) is 17.3. The Hall–Kier alpha value is -2.55. The van der Waals surface area contributed by atoms with Gasteiger partial charge in [0.1, 0.15) is 18.1 Å². The van der Waals surface area contributed by atoms with E-state index in [1.807, 2.05) is 30.3 Å². The number of methoxy groups -OCH3 is 1. The Bertz CT molecular complexity index is 757. The van der Waals surface area contributed by atoms with Crippen LogP contribution in [0, 0.1) is 11.3 Å². The molecule has 3 rings (SSSR count). The average molecular weight is 338 g/mol. The topological polar surface area (TPSA) is 65.7 Å². The normalized spacial score (nSPS) is 20.2. The number of hydrogen-bond donors (Lipinski definition) is 1. The number of ether oxygens (including phenoxy) is 2. The third kappa shape index (κ3) is 4.30. The Kier molecular flexibility index (Phi) is 5.54. The molecule has 2 aromatic rings. The molecule has 1 aliphatic heterocycles. The van der Waals surface area contributed by atoms with E-state index in [9.17, 15) is 5.11 Å². The molecule has 1 aliphatic rings. The second-order valence-corrected chi connectivity index (χ2v) is 6.16. The molecule has 2 atom stereocenters. The van der Waals surface area contributed by atoms with Gasteiger partial charge in [-0.05, 0) is 42.3 Å². The highest BCUT2D eigenvalue weighted by Crippen LogP contribution is 2.33. The van der Waals surface area contributed by atoms with Crippen molar-refractivity contribution < 1.29 is 14.6 Å². The fourth-order valence-corrected chi connectivity index (χ4v) is 3.26. The minimum absolute atomic E-state index is 0.152. The average Bonchev–Trinajstić information content (AvgIpc) is 3.02. The molecule has 1 N–H and O–H groups in total. The summed E-state index contributed by atoms with van der Waals surface area (Å²) in [5.74, 6) is 1.51. The monoisotopic (exact) mass is 338 g/mol. The molecule has 25 heavy (non-hydrogen) atoms. The summed E-state index contributed by atoms with van der Waals surface area (Å²) in [5.41, 5.74) is 1.73. The van der Waals surface area contributed by atoms with Gasteiger partial charge < -0.3 is 14.6 Å². The summed E-state index contributed by atoms with van der Waals surface area (Å²) in [7, 11) is 1.66. The van der Waals surface area contributed by atoms with E-state index < -0.39 is 0 Å². The van der Waals surface area contributed by atoms with Gasteiger partial charge in [0.2, 0.25) is 0 Å². The highest BCUT2D eigenvalue weighted by molar-refractivity contribution is 5.36. The minimum atomic E-state index is -0.335. The molecule has 1 heterocycles. The van der Waals surface area contributed by atoms with Gasteiger partial charge in [-0.3, -0.25) is 4.90 Å². The maximum atomic E-state index is 10.1. The first-order chi connectivity index (χ1) is 12.2. The van der Waals surface area contributed by atoms with Gasteiger partial charge in [-0.2, -0.15) is 5.26 Å². The summed E-state index contributed by atoms with van der Waals surface area (Å²) in [6.07, 6.45) is 0.370. The molecule has 5 nitrogen and oxygen atoms in total. The van der Waals surface area contributed by atoms with Crippen LogP contribution in [0.3, 0.4) is 0 Å². The van der Waals surface area contributed by atoms with Crippen molar-refractivity contribution in [1.29, 1.82) is 5.26 Å². The molecular weight excluding hydrogens is 316 g/mol. The molecular formula is C20H22N2O3. The Morgan fingerprint density at radius 2 is 2.00 bits per heavy atom. The molecule has 1 saturated heterocycles. The fourth-order valence-electron chi connectivity index (χ4n) is 3.26. The summed E-state index contributed by atoms with van der Waals surface area (Å²) in [4.78, 5) is 2.23. The summed E-state index contributed by atoms with van der Waals surface area (Å²) >= 11 is 0. The second-order valence-electron chi connectivity index (χ2n) is 6.16. The van der Waals surface area contributed by atoms with Gasteiger partial charge >= 0.3 is 0 Å². The lowest BCUT2D eigenvalue weighted by atomic mass is 10.0. The van der Waals surface area contributed by atoms with Gasteiger partial charge in [0.25, 0.3) is 0 Å². The maximum Gasteiger partial charge on any atom is 0.120 e. The predicted molar refractivity (Wildman–Crippen MR) is 94.6 cm³/mol. The fraction of sp³-hybridized carbons (Fsp3) is 0.350. The Morgan fingerprint density at radius 3 is 2.80 bits per heavy atom. The van der Waals surface area contributed by atoms with Crippen molar-refractivity contribution in [2.75, 3.05) is 26.8 Å². The summed E-state index contributed by atoms with van der Waals surface area (Å²) in [6, 6.07) is 17.4. The minimum Gasteiger partial charge on any atom is -0.497 e. The Balaban J connectivity index is 1.62. The molecule has 0 saturated carbocycles. The van der Waals surface area contributed by atoms with Crippen molar-refractivity contribution in [2.24, 2.45) is 0 Å². The van der Waals surface area contributed by atoms with Gasteiger partial charge in [-0.1, -0.05) is 18.2 Å². The van der Waals surface area contributed by atoms with E-state index in [4.69, 9.17) is 14.7 Å². The van der Waals surface area contributed by atoms with E-state index in [0.717, 1.165) is 11.3 Å². The molecule has 5 heteroatoms. The molecule has 2 aromatic carbocycles. The van der Waals surface area contributed by atoms with Crippen molar-refractivity contribution >= 4 is 0 Å². The number of aliphatic hydroxyl groups excluding tert-OH is 1. The second kappa shape index (κ2) is 8.02. The SMILES string of the molecule is COc1cccc([C@@H]2C[C@@H](O)CN2CCOc2cccc(C#N)c2)c1. The smallest absolute Gasteiger partial charge is 0.120 e. The van der Waals surface area contributed by atoms with Crippen molar-refractivity contribution in [3.05, 3.63) is 59.7 Å². The Morgan fingerprint density at radius 1 is 1.20 bits per heavy atom. The van der Waals surface area contributed by atoms with Gasteiger partial charge in [0, 0.05) is 19.1 Å². The lowest BCUT2D eigenvalue weighted by Gasteiger charge is -2.24. The molecule has 0 radical (unpaired) electrons. The van der Waals surface area contributed by atoms with E-state index in [0.29, 0.717) is 37.4 Å². The van der Waals surface area contributed by atoms with Crippen LogP contribution in [0.25, 0.3) is 0 Å². The number of aliphatic hydroxyl groups is 1. The zero-order valence-corrected chi connectivity index (χ0v) is 14.3. The van der Waals surface area contributed by atoms with E-state index >= 15 is 0 Å². The first-order valence-electron chi connectivity index (χ1n) is 8.38. The van der Waals surface area contributed by atoms with Crippen molar-refractivity contribution in [3.8, 4) is 17.6 Å². The van der Waals surface area contributed by atoms with Crippen LogP contribution < -0.4 is 9.47 Å². The van der Waals surface area contributed by atoms with E-state index in [1.165, 1.54) is 0 Å². The van der Waals surface area contributed by atoms with Crippen LogP contribution in [0.1, 0.15) is 23.6 Å². The van der Waals surface area contributed by atoms with Gasteiger partial charge in [0.05, 0.1) is 24.8 Å². The summed E-state index contributed by atoms with van der Waals surface area (Å²) in [5, 5.41) is 19.0. The van der Waals surface area contributed by atoms with Crippen LogP contribution in [-0.2, 0) is 0 Å². The molecule has 0 bridgehead atoms. The summed E-state index contributed by atoms with van der Waals surface area (Å²) in [6.45, 7) is 1.83. The zero-order valence-electron chi connectivity index (χ0n) is 14.3. The molecule has 1 fully saturated rings. The van der Waals surface area contributed by atoms with Crippen LogP contribution in [0.2, 0.25) is 0 Å². The third-order valence-electron chi connectivity index (χ3n) is 4.47. The highest BCUT2D eigenvalue weighted by Gasteiger charge is 2.31. The van der Waals surface area contributed by atoms with E-state index in [2.05, 4.69) is 17.0 Å². The number of benzene rings is 2. The maximum absolute atomic E-state index is 10.1. The molecule has 0 unspecified atom stereocenters. The predicted octanol–water partition coefficient (Wildman–Crippen LogP) is 2.75. The van der Waals surface area contributed by atoms with Crippen LogP contribution >= 0.6 is 0 Å². The molecule has 130 valence electrons. The standard InChI is InChI=1S/C20H22N2O3/c1-24-18-6-3-5-16(11-18)20-12-17(23)14-22(20)8-9-25-19-7-2-4-15(10-19)13-21/h2-7,10-11,17,20,23H,8-9,12,14H2,1H3/t17-,20+/m1/s1. The highest BCUT2D eigenvalue weighted by atomic mass is 16.5. The lowest BCUT2D eigenvalue weighted by Crippen LogP contribution is -2.29. The lowest BCUT2D eigenvalue weighted by molar-refractivity contribution is 0.162. The molecule has 0 spiro atoms. The van der Waals surface area contributed by atoms with E-state index in [-0.39, 0.29) is 12.1 Å².